The van der Waals surface area contributed by atoms with E-state index < -0.39 is 6.10 Å². The Hall–Kier alpha value is -1.96. The Balaban J connectivity index is 1.34. The highest BCUT2D eigenvalue weighted by Gasteiger charge is 2.21. The number of thioether (sulfide) groups is 1. The van der Waals surface area contributed by atoms with E-state index in [1.807, 2.05) is 6.92 Å². The molecule has 0 saturated carbocycles. The molecule has 3 aromatic rings. The maximum absolute atomic E-state index is 11.7. The summed E-state index contributed by atoms with van der Waals surface area (Å²) in [4.78, 5) is 23.0. The van der Waals surface area contributed by atoms with E-state index in [1.165, 1.54) is 22.2 Å². The molecule has 4 rings (SSSR count). The number of Topliss-reactive ketones (excluding diaryl/α,β-unsaturated/α-hetero) is 1. The first-order chi connectivity index (χ1) is 13.7. The standard InChI is InChI=1S/C21H22N2O3S2/c1-2-17(25)13-6-8-15(9-7-13)26-10-14(24)11-27-20-19-16-4-3-5-18(16)28-21(19)23-12-22-20/h6-9,12,14,24H,2-5,10-11H2,1H3/t14-/m0/s1. The second-order valence-corrected chi connectivity index (χ2v) is 8.89. The number of hydrogen-bond acceptors (Lipinski definition) is 7. The van der Waals surface area contributed by atoms with Gasteiger partial charge in [0.05, 0.1) is 6.10 Å². The molecule has 0 aliphatic heterocycles. The highest BCUT2D eigenvalue weighted by molar-refractivity contribution is 7.99. The maximum atomic E-state index is 11.7. The van der Waals surface area contributed by atoms with Crippen molar-refractivity contribution in [1.29, 1.82) is 0 Å². The lowest BCUT2D eigenvalue weighted by Crippen LogP contribution is -2.20. The Morgan fingerprint density at radius 1 is 1.29 bits per heavy atom. The van der Waals surface area contributed by atoms with E-state index in [4.69, 9.17) is 4.74 Å². The molecule has 1 aliphatic rings. The minimum Gasteiger partial charge on any atom is -0.491 e. The average molecular weight is 415 g/mol. The van der Waals surface area contributed by atoms with Crippen LogP contribution in [0.5, 0.6) is 5.75 Å². The molecule has 28 heavy (non-hydrogen) atoms. The molecule has 1 aliphatic carbocycles. The molecule has 2 aromatic heterocycles. The van der Waals surface area contributed by atoms with Crippen molar-refractivity contribution in [3.63, 3.8) is 0 Å². The van der Waals surface area contributed by atoms with Crippen molar-refractivity contribution < 1.29 is 14.6 Å². The van der Waals surface area contributed by atoms with E-state index in [0.29, 0.717) is 23.5 Å². The van der Waals surface area contributed by atoms with Gasteiger partial charge >= 0.3 is 0 Å². The number of aryl methyl sites for hydroxylation is 2. The summed E-state index contributed by atoms with van der Waals surface area (Å²) in [5, 5.41) is 12.5. The molecule has 146 valence electrons. The fourth-order valence-corrected chi connectivity index (χ4v) is 5.59. The second-order valence-electron chi connectivity index (χ2n) is 6.79. The minimum atomic E-state index is -0.612. The monoisotopic (exact) mass is 414 g/mol. The molecule has 1 atom stereocenters. The van der Waals surface area contributed by atoms with Crippen molar-refractivity contribution in [2.75, 3.05) is 12.4 Å². The fourth-order valence-electron chi connectivity index (χ4n) is 3.37. The van der Waals surface area contributed by atoms with Crippen LogP contribution in [0.4, 0.5) is 0 Å². The summed E-state index contributed by atoms with van der Waals surface area (Å²) in [5.41, 5.74) is 2.08. The van der Waals surface area contributed by atoms with Crippen LogP contribution in [-0.4, -0.2) is 39.3 Å². The molecular weight excluding hydrogens is 392 g/mol. The first-order valence-corrected chi connectivity index (χ1v) is 11.3. The van der Waals surface area contributed by atoms with Gasteiger partial charge in [-0.2, -0.15) is 0 Å². The van der Waals surface area contributed by atoms with Crippen LogP contribution in [0.1, 0.15) is 40.6 Å². The van der Waals surface area contributed by atoms with Gasteiger partial charge in [-0.1, -0.05) is 6.92 Å². The molecule has 0 unspecified atom stereocenters. The van der Waals surface area contributed by atoms with Gasteiger partial charge in [0.15, 0.2) is 5.78 Å². The number of ether oxygens (including phenoxy) is 1. The third kappa shape index (κ3) is 4.06. The second kappa shape index (κ2) is 8.59. The van der Waals surface area contributed by atoms with Crippen molar-refractivity contribution in [3.05, 3.63) is 46.6 Å². The predicted molar refractivity (Wildman–Crippen MR) is 113 cm³/mol. The normalized spacial score (nSPS) is 14.2. The van der Waals surface area contributed by atoms with E-state index >= 15 is 0 Å². The summed E-state index contributed by atoms with van der Waals surface area (Å²) in [7, 11) is 0. The Morgan fingerprint density at radius 3 is 2.89 bits per heavy atom. The van der Waals surface area contributed by atoms with Crippen LogP contribution in [0.15, 0.2) is 35.6 Å². The van der Waals surface area contributed by atoms with Gasteiger partial charge in [-0.15, -0.1) is 23.1 Å². The number of thiophene rings is 1. The van der Waals surface area contributed by atoms with E-state index in [-0.39, 0.29) is 12.4 Å². The smallest absolute Gasteiger partial charge is 0.162 e. The number of carbonyl (C=O) groups excluding carboxylic acids is 1. The zero-order valence-corrected chi connectivity index (χ0v) is 17.3. The van der Waals surface area contributed by atoms with Crippen LogP contribution >= 0.6 is 23.1 Å². The molecule has 0 fully saturated rings. The van der Waals surface area contributed by atoms with Crippen molar-refractivity contribution in [1.82, 2.24) is 9.97 Å². The number of aliphatic hydroxyl groups is 1. The summed E-state index contributed by atoms with van der Waals surface area (Å²) < 4.78 is 5.67. The third-order valence-corrected chi connectivity index (χ3v) is 7.15. The molecular formula is C21H22N2O3S2. The number of carbonyl (C=O) groups is 1. The summed E-state index contributed by atoms with van der Waals surface area (Å²) in [6.07, 6.45) is 4.92. The number of rotatable bonds is 8. The minimum absolute atomic E-state index is 0.110. The molecule has 5 nitrogen and oxygen atoms in total. The zero-order chi connectivity index (χ0) is 19.5. The molecule has 1 N–H and O–H groups in total. The number of nitrogens with zero attached hydrogens (tertiary/aromatic N) is 2. The van der Waals surface area contributed by atoms with E-state index in [9.17, 15) is 9.90 Å². The van der Waals surface area contributed by atoms with Crippen LogP contribution < -0.4 is 4.74 Å². The van der Waals surface area contributed by atoms with Crippen molar-refractivity contribution in [2.24, 2.45) is 0 Å². The summed E-state index contributed by atoms with van der Waals surface area (Å²) >= 11 is 3.33. The summed E-state index contributed by atoms with van der Waals surface area (Å²) in [6.45, 7) is 2.04. The Labute approximate surface area is 172 Å². The van der Waals surface area contributed by atoms with Gasteiger partial charge in [-0.3, -0.25) is 4.79 Å². The van der Waals surface area contributed by atoms with Crippen LogP contribution in [0.2, 0.25) is 0 Å². The Bertz CT molecular complexity index is 985. The number of ketones is 1. The molecule has 0 amide bonds. The zero-order valence-electron chi connectivity index (χ0n) is 15.7. The van der Waals surface area contributed by atoms with E-state index in [1.54, 1.807) is 53.7 Å². The molecule has 0 saturated heterocycles. The van der Waals surface area contributed by atoms with Crippen molar-refractivity contribution in [3.8, 4) is 5.75 Å². The van der Waals surface area contributed by atoms with Crippen molar-refractivity contribution >= 4 is 39.1 Å². The Morgan fingerprint density at radius 2 is 2.11 bits per heavy atom. The van der Waals surface area contributed by atoms with Crippen molar-refractivity contribution in [2.45, 2.75) is 43.7 Å². The van der Waals surface area contributed by atoms with E-state index in [2.05, 4.69) is 9.97 Å². The van der Waals surface area contributed by atoms with Gasteiger partial charge in [0, 0.05) is 28.0 Å². The number of fused-ring (bicyclic) bond motifs is 3. The van der Waals surface area contributed by atoms with Gasteiger partial charge in [0.25, 0.3) is 0 Å². The first-order valence-electron chi connectivity index (χ1n) is 9.48. The molecule has 0 radical (unpaired) electrons. The number of benzene rings is 1. The average Bonchev–Trinajstić information content (AvgIpc) is 3.31. The van der Waals surface area contributed by atoms with Crippen LogP contribution in [-0.2, 0) is 12.8 Å². The number of aromatic nitrogens is 2. The highest BCUT2D eigenvalue weighted by Crippen LogP contribution is 2.40. The molecule has 2 heterocycles. The van der Waals surface area contributed by atoms with E-state index in [0.717, 1.165) is 22.7 Å². The molecule has 1 aromatic carbocycles. The fraction of sp³-hybridized carbons (Fsp3) is 0.381. The summed E-state index contributed by atoms with van der Waals surface area (Å²) in [6, 6.07) is 7.06. The van der Waals surface area contributed by atoms with Crippen LogP contribution in [0, 0.1) is 0 Å². The largest absolute Gasteiger partial charge is 0.491 e. The predicted octanol–water partition coefficient (Wildman–Crippen LogP) is 4.30. The third-order valence-electron chi connectivity index (χ3n) is 4.82. The van der Waals surface area contributed by atoms with Crippen LogP contribution in [0.25, 0.3) is 10.2 Å². The quantitative estimate of drug-likeness (QED) is 0.336. The van der Waals surface area contributed by atoms with Gasteiger partial charge in [-0.05, 0) is 49.1 Å². The van der Waals surface area contributed by atoms with Gasteiger partial charge in [-0.25, -0.2) is 9.97 Å². The van der Waals surface area contributed by atoms with Gasteiger partial charge in [0.2, 0.25) is 0 Å². The topological polar surface area (TPSA) is 72.3 Å². The molecule has 7 heteroatoms. The first kappa shape index (κ1) is 19.4. The number of hydrogen-bond donors (Lipinski definition) is 1. The molecule has 0 bridgehead atoms. The lowest BCUT2D eigenvalue weighted by atomic mass is 10.1. The number of aliphatic hydroxyl groups excluding tert-OH is 1. The lowest BCUT2D eigenvalue weighted by molar-refractivity contribution is 0.0987. The lowest BCUT2D eigenvalue weighted by Gasteiger charge is -2.12. The van der Waals surface area contributed by atoms with Crippen LogP contribution in [0.3, 0.4) is 0 Å². The maximum Gasteiger partial charge on any atom is 0.162 e. The molecule has 0 spiro atoms. The van der Waals surface area contributed by atoms with Gasteiger partial charge < -0.3 is 9.84 Å². The van der Waals surface area contributed by atoms with Gasteiger partial charge in [0.1, 0.15) is 28.5 Å². The Kier molecular flexibility index (Phi) is 5.94. The summed E-state index contributed by atoms with van der Waals surface area (Å²) in [5.74, 6) is 1.26. The SMILES string of the molecule is CCC(=O)c1ccc(OC[C@H](O)CSc2ncnc3sc4c(c23)CCC4)cc1. The highest BCUT2D eigenvalue weighted by atomic mass is 32.2.